The molecule has 0 atom stereocenters. The number of aromatic nitrogens is 2. The summed E-state index contributed by atoms with van der Waals surface area (Å²) in [6, 6.07) is 6.18. The van der Waals surface area contributed by atoms with Crippen molar-refractivity contribution in [2.75, 3.05) is 0 Å². The SMILES string of the molecule is CCCn1c(=S)[nH]c2cc(Br)ccc21. The minimum atomic E-state index is 0.806. The summed E-state index contributed by atoms with van der Waals surface area (Å²) >= 11 is 8.70. The molecule has 0 fully saturated rings. The lowest BCUT2D eigenvalue weighted by Crippen LogP contribution is -1.95. The van der Waals surface area contributed by atoms with E-state index < -0.39 is 0 Å². The van der Waals surface area contributed by atoms with Gasteiger partial charge >= 0.3 is 0 Å². The van der Waals surface area contributed by atoms with Gasteiger partial charge in [0, 0.05) is 11.0 Å². The second-order valence-corrected chi connectivity index (χ2v) is 4.55. The number of aryl methyl sites for hydroxylation is 1. The lowest BCUT2D eigenvalue weighted by atomic mass is 10.3. The molecule has 0 saturated heterocycles. The summed E-state index contributed by atoms with van der Waals surface area (Å²) in [5.74, 6) is 0. The quantitative estimate of drug-likeness (QED) is 0.822. The van der Waals surface area contributed by atoms with Gasteiger partial charge in [0.15, 0.2) is 4.77 Å². The Morgan fingerprint density at radius 3 is 3.00 bits per heavy atom. The van der Waals surface area contributed by atoms with E-state index in [2.05, 4.69) is 44.5 Å². The van der Waals surface area contributed by atoms with E-state index in [0.717, 1.165) is 27.7 Å². The van der Waals surface area contributed by atoms with Gasteiger partial charge in [-0.15, -0.1) is 0 Å². The van der Waals surface area contributed by atoms with E-state index in [1.54, 1.807) is 0 Å². The van der Waals surface area contributed by atoms with E-state index >= 15 is 0 Å². The highest BCUT2D eigenvalue weighted by Crippen LogP contribution is 2.19. The molecular formula is C10H11BrN2S. The van der Waals surface area contributed by atoms with Crippen LogP contribution in [0.4, 0.5) is 0 Å². The van der Waals surface area contributed by atoms with Crippen molar-refractivity contribution in [1.29, 1.82) is 0 Å². The molecular weight excluding hydrogens is 260 g/mol. The molecule has 14 heavy (non-hydrogen) atoms. The van der Waals surface area contributed by atoms with Crippen LogP contribution >= 0.6 is 28.1 Å². The Bertz CT molecular complexity index is 512. The molecule has 0 bridgehead atoms. The molecule has 2 rings (SSSR count). The monoisotopic (exact) mass is 270 g/mol. The average Bonchev–Trinajstić information content (AvgIpc) is 2.43. The fourth-order valence-corrected chi connectivity index (χ4v) is 2.24. The largest absolute Gasteiger partial charge is 0.331 e. The fraction of sp³-hybridized carbons (Fsp3) is 0.300. The molecule has 0 aliphatic carbocycles. The number of rotatable bonds is 2. The van der Waals surface area contributed by atoms with Crippen molar-refractivity contribution in [2.45, 2.75) is 19.9 Å². The number of fused-ring (bicyclic) bond motifs is 1. The van der Waals surface area contributed by atoms with Gasteiger partial charge in [-0.2, -0.15) is 0 Å². The zero-order chi connectivity index (χ0) is 10.1. The molecule has 0 aliphatic rings. The molecule has 1 heterocycles. The molecule has 1 N–H and O–H groups in total. The van der Waals surface area contributed by atoms with Gasteiger partial charge in [-0.3, -0.25) is 0 Å². The highest BCUT2D eigenvalue weighted by molar-refractivity contribution is 9.10. The van der Waals surface area contributed by atoms with E-state index in [9.17, 15) is 0 Å². The predicted octanol–water partition coefficient (Wildman–Crippen LogP) is 3.87. The minimum Gasteiger partial charge on any atom is -0.331 e. The van der Waals surface area contributed by atoms with Gasteiger partial charge in [-0.25, -0.2) is 0 Å². The maximum atomic E-state index is 5.25. The van der Waals surface area contributed by atoms with Crippen molar-refractivity contribution in [3.8, 4) is 0 Å². The highest BCUT2D eigenvalue weighted by atomic mass is 79.9. The molecule has 0 aliphatic heterocycles. The number of nitrogens with one attached hydrogen (secondary N) is 1. The van der Waals surface area contributed by atoms with Crippen LogP contribution in [0.15, 0.2) is 22.7 Å². The minimum absolute atomic E-state index is 0.806. The topological polar surface area (TPSA) is 20.7 Å². The van der Waals surface area contributed by atoms with E-state index in [4.69, 9.17) is 12.2 Å². The van der Waals surface area contributed by atoms with Gasteiger partial charge in [0.2, 0.25) is 0 Å². The first-order valence-electron chi connectivity index (χ1n) is 4.60. The van der Waals surface area contributed by atoms with Gasteiger partial charge in [0.1, 0.15) is 0 Å². The summed E-state index contributed by atoms with van der Waals surface area (Å²) in [6.07, 6.45) is 1.09. The van der Waals surface area contributed by atoms with Crippen LogP contribution in [-0.2, 0) is 6.54 Å². The molecule has 2 aromatic rings. The number of hydrogen-bond donors (Lipinski definition) is 1. The van der Waals surface area contributed by atoms with E-state index in [1.165, 1.54) is 5.52 Å². The molecule has 0 unspecified atom stereocenters. The molecule has 0 radical (unpaired) electrons. The molecule has 1 aromatic heterocycles. The van der Waals surface area contributed by atoms with Crippen LogP contribution in [-0.4, -0.2) is 9.55 Å². The summed E-state index contributed by atoms with van der Waals surface area (Å²) in [4.78, 5) is 3.20. The van der Waals surface area contributed by atoms with Crippen molar-refractivity contribution >= 4 is 39.2 Å². The van der Waals surface area contributed by atoms with E-state index in [1.807, 2.05) is 6.07 Å². The summed E-state index contributed by atoms with van der Waals surface area (Å²) in [5, 5.41) is 0. The average molecular weight is 271 g/mol. The number of aromatic amines is 1. The number of hydrogen-bond acceptors (Lipinski definition) is 1. The maximum absolute atomic E-state index is 5.25. The standard InChI is InChI=1S/C10H11BrN2S/c1-2-5-13-9-4-3-7(11)6-8(9)12-10(13)14/h3-4,6H,2,5H2,1H3,(H,12,14). The molecule has 1 aromatic carbocycles. The molecule has 0 spiro atoms. The third kappa shape index (κ3) is 1.64. The normalized spacial score (nSPS) is 11.0. The van der Waals surface area contributed by atoms with E-state index in [0.29, 0.717) is 0 Å². The van der Waals surface area contributed by atoms with Crippen molar-refractivity contribution in [1.82, 2.24) is 9.55 Å². The Morgan fingerprint density at radius 1 is 1.50 bits per heavy atom. The Kier molecular flexibility index (Phi) is 2.74. The third-order valence-electron chi connectivity index (χ3n) is 2.18. The number of halogens is 1. The van der Waals surface area contributed by atoms with Gasteiger partial charge < -0.3 is 9.55 Å². The number of benzene rings is 1. The van der Waals surface area contributed by atoms with Crippen LogP contribution < -0.4 is 0 Å². The van der Waals surface area contributed by atoms with Gasteiger partial charge in [0.25, 0.3) is 0 Å². The lowest BCUT2D eigenvalue weighted by Gasteiger charge is -2.00. The molecule has 0 amide bonds. The molecule has 4 heteroatoms. The zero-order valence-electron chi connectivity index (χ0n) is 7.88. The summed E-state index contributed by atoms with van der Waals surface area (Å²) < 4.78 is 4.02. The maximum Gasteiger partial charge on any atom is 0.178 e. The second kappa shape index (κ2) is 3.87. The predicted molar refractivity (Wildman–Crippen MR) is 65.1 cm³/mol. The smallest absolute Gasteiger partial charge is 0.178 e. The van der Waals surface area contributed by atoms with Crippen molar-refractivity contribution in [2.24, 2.45) is 0 Å². The number of H-pyrrole nitrogens is 1. The molecule has 0 saturated carbocycles. The van der Waals surface area contributed by atoms with Crippen molar-refractivity contribution in [3.05, 3.63) is 27.4 Å². The van der Waals surface area contributed by atoms with Gasteiger partial charge in [0.05, 0.1) is 11.0 Å². The zero-order valence-corrected chi connectivity index (χ0v) is 10.3. The third-order valence-corrected chi connectivity index (χ3v) is 3.00. The summed E-state index contributed by atoms with van der Waals surface area (Å²) in [5.41, 5.74) is 2.28. The molecule has 74 valence electrons. The van der Waals surface area contributed by atoms with E-state index in [-0.39, 0.29) is 0 Å². The molecule has 2 nitrogen and oxygen atoms in total. The van der Waals surface area contributed by atoms with Crippen LogP contribution in [0.1, 0.15) is 13.3 Å². The number of nitrogens with zero attached hydrogens (tertiary/aromatic N) is 1. The first-order valence-corrected chi connectivity index (χ1v) is 5.80. The van der Waals surface area contributed by atoms with Crippen LogP contribution in [0.5, 0.6) is 0 Å². The second-order valence-electron chi connectivity index (χ2n) is 3.24. The summed E-state index contributed by atoms with van der Waals surface area (Å²) in [6.45, 7) is 3.12. The highest BCUT2D eigenvalue weighted by Gasteiger charge is 2.02. The Labute approximate surface area is 96.1 Å². The van der Waals surface area contributed by atoms with Gasteiger partial charge in [-0.1, -0.05) is 22.9 Å². The van der Waals surface area contributed by atoms with Crippen LogP contribution in [0.3, 0.4) is 0 Å². The van der Waals surface area contributed by atoms with Crippen LogP contribution in [0.2, 0.25) is 0 Å². The first kappa shape index (κ1) is 9.93. The summed E-state index contributed by atoms with van der Waals surface area (Å²) in [7, 11) is 0. The fourth-order valence-electron chi connectivity index (χ4n) is 1.58. The van der Waals surface area contributed by atoms with Crippen molar-refractivity contribution in [3.63, 3.8) is 0 Å². The van der Waals surface area contributed by atoms with Crippen molar-refractivity contribution < 1.29 is 0 Å². The van der Waals surface area contributed by atoms with Crippen LogP contribution in [0, 0.1) is 4.77 Å². The Balaban J connectivity index is 2.71. The van der Waals surface area contributed by atoms with Gasteiger partial charge in [-0.05, 0) is 36.8 Å². The Morgan fingerprint density at radius 2 is 2.29 bits per heavy atom. The first-order chi connectivity index (χ1) is 6.72. The Hall–Kier alpha value is -0.610. The lowest BCUT2D eigenvalue weighted by molar-refractivity contribution is 0.688. The number of imidazole rings is 1. The van der Waals surface area contributed by atoms with Crippen LogP contribution in [0.25, 0.3) is 11.0 Å².